The fourth-order valence-electron chi connectivity index (χ4n) is 2.15. The molecule has 1 nitrogen and oxygen atoms in total. The van der Waals surface area contributed by atoms with Crippen molar-refractivity contribution in [2.75, 3.05) is 0 Å². The van der Waals surface area contributed by atoms with Gasteiger partial charge in [0, 0.05) is 12.8 Å². The van der Waals surface area contributed by atoms with Crippen molar-refractivity contribution in [1.82, 2.24) is 0 Å². The van der Waals surface area contributed by atoms with Crippen molar-refractivity contribution >= 4 is 5.78 Å². The Balaban J connectivity index is 1.88. The predicted octanol–water partition coefficient (Wildman–Crippen LogP) is 4.05. The van der Waals surface area contributed by atoms with Crippen LogP contribution in [-0.4, -0.2) is 5.78 Å². The van der Waals surface area contributed by atoms with Crippen LogP contribution in [0.5, 0.6) is 0 Å². The van der Waals surface area contributed by atoms with Crippen LogP contribution in [0.4, 0.5) is 0 Å². The van der Waals surface area contributed by atoms with E-state index in [-0.39, 0.29) is 0 Å². The van der Waals surface area contributed by atoms with Crippen molar-refractivity contribution < 1.29 is 4.79 Å². The van der Waals surface area contributed by atoms with Gasteiger partial charge in [0.15, 0.2) is 0 Å². The molecule has 2 rings (SSSR count). The van der Waals surface area contributed by atoms with E-state index in [0.29, 0.717) is 18.6 Å². The van der Waals surface area contributed by atoms with Crippen LogP contribution in [0, 0.1) is 13.8 Å². The second-order valence-corrected chi connectivity index (χ2v) is 5.13. The Labute approximate surface area is 115 Å². The van der Waals surface area contributed by atoms with Crippen molar-refractivity contribution in [2.45, 2.75) is 33.1 Å². The largest absolute Gasteiger partial charge is 0.299 e. The van der Waals surface area contributed by atoms with E-state index in [1.807, 2.05) is 18.2 Å². The van der Waals surface area contributed by atoms with E-state index >= 15 is 0 Å². The lowest BCUT2D eigenvalue weighted by Gasteiger charge is -2.05. The first-order valence-electron chi connectivity index (χ1n) is 6.77. The summed E-state index contributed by atoms with van der Waals surface area (Å²) >= 11 is 0. The van der Waals surface area contributed by atoms with Crippen LogP contribution in [0.3, 0.4) is 0 Å². The minimum absolute atomic E-state index is 0.315. The number of carbonyl (C=O) groups excluding carboxylic acids is 1. The van der Waals surface area contributed by atoms with Crippen LogP contribution >= 0.6 is 0 Å². The average Bonchev–Trinajstić information content (AvgIpc) is 2.41. The maximum Gasteiger partial charge on any atom is 0.137 e. The second-order valence-electron chi connectivity index (χ2n) is 5.13. The number of aryl methyl sites for hydroxylation is 3. The Morgan fingerprint density at radius 2 is 1.63 bits per heavy atom. The number of rotatable bonds is 5. The first-order chi connectivity index (χ1) is 9.15. The quantitative estimate of drug-likeness (QED) is 0.784. The molecule has 0 unspecified atom stereocenters. The third-order valence-electron chi connectivity index (χ3n) is 3.46. The molecule has 19 heavy (non-hydrogen) atoms. The summed E-state index contributed by atoms with van der Waals surface area (Å²) in [5.41, 5.74) is 4.85. The Bertz CT molecular complexity index is 552. The first-order valence-corrected chi connectivity index (χ1v) is 6.77. The normalized spacial score (nSPS) is 10.4. The average molecular weight is 252 g/mol. The van der Waals surface area contributed by atoms with Gasteiger partial charge < -0.3 is 0 Å². The topological polar surface area (TPSA) is 17.1 Å². The second kappa shape index (κ2) is 6.33. The molecular weight excluding hydrogens is 232 g/mol. The minimum Gasteiger partial charge on any atom is -0.299 e. The molecule has 0 aliphatic carbocycles. The molecule has 98 valence electrons. The van der Waals surface area contributed by atoms with E-state index in [0.717, 1.165) is 12.0 Å². The summed E-state index contributed by atoms with van der Waals surface area (Å²) in [7, 11) is 0. The highest BCUT2D eigenvalue weighted by atomic mass is 16.1. The van der Waals surface area contributed by atoms with Gasteiger partial charge in [-0.25, -0.2) is 0 Å². The molecule has 0 atom stereocenters. The highest BCUT2D eigenvalue weighted by Gasteiger charge is 2.06. The Hall–Kier alpha value is -1.89. The molecule has 0 aliphatic heterocycles. The zero-order chi connectivity index (χ0) is 13.7. The molecule has 0 saturated carbocycles. The van der Waals surface area contributed by atoms with Gasteiger partial charge in [0.1, 0.15) is 5.78 Å². The monoisotopic (exact) mass is 252 g/mol. The van der Waals surface area contributed by atoms with Gasteiger partial charge in [-0.1, -0.05) is 54.1 Å². The summed E-state index contributed by atoms with van der Waals surface area (Å²) in [5, 5.41) is 0. The van der Waals surface area contributed by atoms with Crippen LogP contribution < -0.4 is 0 Å². The van der Waals surface area contributed by atoms with Crippen LogP contribution in [0.25, 0.3) is 0 Å². The number of ketones is 1. The summed E-state index contributed by atoms with van der Waals surface area (Å²) < 4.78 is 0. The number of Topliss-reactive ketones (excluding diaryl/α,β-unsaturated/α-hetero) is 1. The van der Waals surface area contributed by atoms with Crippen molar-refractivity contribution in [1.29, 1.82) is 0 Å². The van der Waals surface area contributed by atoms with E-state index in [2.05, 4.69) is 44.2 Å². The smallest absolute Gasteiger partial charge is 0.137 e. The van der Waals surface area contributed by atoms with Gasteiger partial charge in [0.05, 0.1) is 0 Å². The molecule has 2 aromatic carbocycles. The maximum atomic E-state index is 12.0. The summed E-state index contributed by atoms with van der Waals surface area (Å²) in [5.74, 6) is 0.315. The Kier molecular flexibility index (Phi) is 4.51. The molecular formula is C18H20O. The van der Waals surface area contributed by atoms with Crippen LogP contribution in [0.15, 0.2) is 48.5 Å². The lowest BCUT2D eigenvalue weighted by Crippen LogP contribution is -2.05. The number of hydrogen-bond donors (Lipinski definition) is 0. The Morgan fingerprint density at radius 1 is 0.947 bits per heavy atom. The molecule has 0 heterocycles. The summed E-state index contributed by atoms with van der Waals surface area (Å²) in [6.45, 7) is 4.13. The van der Waals surface area contributed by atoms with Gasteiger partial charge in [-0.05, 0) is 37.0 Å². The molecule has 0 amide bonds. The molecule has 0 spiro atoms. The zero-order valence-corrected chi connectivity index (χ0v) is 11.6. The highest BCUT2D eigenvalue weighted by molar-refractivity contribution is 5.81. The molecule has 0 aromatic heterocycles. The Morgan fingerprint density at radius 3 is 2.32 bits per heavy atom. The van der Waals surface area contributed by atoms with Gasteiger partial charge >= 0.3 is 0 Å². The van der Waals surface area contributed by atoms with Crippen LogP contribution in [0.1, 0.15) is 28.7 Å². The van der Waals surface area contributed by atoms with Gasteiger partial charge in [-0.3, -0.25) is 4.79 Å². The van der Waals surface area contributed by atoms with Gasteiger partial charge in [-0.15, -0.1) is 0 Å². The van der Waals surface area contributed by atoms with Crippen LogP contribution in [-0.2, 0) is 17.6 Å². The van der Waals surface area contributed by atoms with E-state index in [1.54, 1.807) is 0 Å². The minimum atomic E-state index is 0.315. The van der Waals surface area contributed by atoms with E-state index in [4.69, 9.17) is 0 Å². The summed E-state index contributed by atoms with van der Waals surface area (Å²) in [4.78, 5) is 12.0. The number of benzene rings is 2. The first kappa shape index (κ1) is 13.5. The van der Waals surface area contributed by atoms with Gasteiger partial charge in [-0.2, -0.15) is 0 Å². The standard InChI is InChI=1S/C18H20O/c1-14-7-9-16(10-8-14)11-12-18(19)13-17-6-4-3-5-15(17)2/h3-10H,11-13H2,1-2H3. The molecule has 0 fully saturated rings. The van der Waals surface area contributed by atoms with Gasteiger partial charge in [0.25, 0.3) is 0 Å². The van der Waals surface area contributed by atoms with Crippen molar-refractivity contribution in [3.05, 3.63) is 70.8 Å². The van der Waals surface area contributed by atoms with E-state index in [9.17, 15) is 4.79 Å². The lowest BCUT2D eigenvalue weighted by atomic mass is 9.99. The van der Waals surface area contributed by atoms with E-state index < -0.39 is 0 Å². The maximum absolute atomic E-state index is 12.0. The zero-order valence-electron chi connectivity index (χ0n) is 11.6. The molecule has 1 heteroatoms. The number of hydrogen-bond acceptors (Lipinski definition) is 1. The van der Waals surface area contributed by atoms with Gasteiger partial charge in [0.2, 0.25) is 0 Å². The van der Waals surface area contributed by atoms with Crippen molar-refractivity contribution in [3.63, 3.8) is 0 Å². The summed E-state index contributed by atoms with van der Waals surface area (Å²) in [6.07, 6.45) is 2.01. The lowest BCUT2D eigenvalue weighted by molar-refractivity contribution is -0.118. The third kappa shape index (κ3) is 4.06. The van der Waals surface area contributed by atoms with E-state index in [1.165, 1.54) is 16.7 Å². The predicted molar refractivity (Wildman–Crippen MR) is 79.4 cm³/mol. The molecule has 0 bridgehead atoms. The molecule has 0 aliphatic rings. The molecule has 2 aromatic rings. The fourth-order valence-corrected chi connectivity index (χ4v) is 2.15. The SMILES string of the molecule is Cc1ccc(CCC(=O)Cc2ccccc2C)cc1. The third-order valence-corrected chi connectivity index (χ3v) is 3.46. The summed E-state index contributed by atoms with van der Waals surface area (Å²) in [6, 6.07) is 16.5. The highest BCUT2D eigenvalue weighted by Crippen LogP contribution is 2.11. The number of carbonyl (C=O) groups is 1. The van der Waals surface area contributed by atoms with Crippen LogP contribution in [0.2, 0.25) is 0 Å². The van der Waals surface area contributed by atoms with Crippen molar-refractivity contribution in [2.24, 2.45) is 0 Å². The molecule has 0 N–H and O–H groups in total. The molecule has 0 radical (unpaired) electrons. The fraction of sp³-hybridized carbons (Fsp3) is 0.278. The molecule has 0 saturated heterocycles. The van der Waals surface area contributed by atoms with Crippen molar-refractivity contribution in [3.8, 4) is 0 Å².